The van der Waals surface area contributed by atoms with E-state index in [4.69, 9.17) is 4.98 Å². The first-order chi connectivity index (χ1) is 15.3. The average molecular weight is 407 g/mol. The summed E-state index contributed by atoms with van der Waals surface area (Å²) in [6, 6.07) is 31.7. The first-order valence-corrected chi connectivity index (χ1v) is 11.0. The molecule has 1 saturated carbocycles. The highest BCUT2D eigenvalue weighted by atomic mass is 16.1. The molecule has 1 aromatic heterocycles. The van der Waals surface area contributed by atoms with Crippen LogP contribution in [0.4, 0.5) is 0 Å². The highest BCUT2D eigenvalue weighted by Crippen LogP contribution is 2.41. The molecular formula is C28H26N2O. The number of rotatable bonds is 8. The van der Waals surface area contributed by atoms with Gasteiger partial charge in [0.25, 0.3) is 0 Å². The van der Waals surface area contributed by atoms with E-state index in [1.807, 2.05) is 24.5 Å². The van der Waals surface area contributed by atoms with Crippen LogP contribution in [0.2, 0.25) is 0 Å². The van der Waals surface area contributed by atoms with Gasteiger partial charge in [-0.05, 0) is 35.4 Å². The van der Waals surface area contributed by atoms with Crippen molar-refractivity contribution < 1.29 is 4.79 Å². The normalized spacial score (nSPS) is 14.8. The van der Waals surface area contributed by atoms with Crippen molar-refractivity contribution >= 4 is 6.29 Å². The van der Waals surface area contributed by atoms with Gasteiger partial charge in [0, 0.05) is 18.5 Å². The zero-order valence-corrected chi connectivity index (χ0v) is 17.5. The second-order valence-electron chi connectivity index (χ2n) is 8.42. The molecule has 1 heterocycles. The van der Waals surface area contributed by atoms with Crippen LogP contribution in [0.15, 0.2) is 104 Å². The number of aldehydes is 1. The van der Waals surface area contributed by atoms with Gasteiger partial charge in [0.15, 0.2) is 0 Å². The number of aromatic nitrogens is 2. The van der Waals surface area contributed by atoms with Crippen molar-refractivity contribution in [2.75, 3.05) is 0 Å². The van der Waals surface area contributed by atoms with Gasteiger partial charge in [-0.3, -0.25) is 0 Å². The molecule has 5 rings (SSSR count). The van der Waals surface area contributed by atoms with E-state index in [1.165, 1.54) is 16.7 Å². The SMILES string of the molecule is O=C[C@@H](Cc1cn(C(c2ccccc2)(c2ccccc2)c2ccccc2)cn1)C1CC1. The molecule has 0 bridgehead atoms. The highest BCUT2D eigenvalue weighted by molar-refractivity contribution is 5.55. The minimum absolute atomic E-state index is 0.0722. The van der Waals surface area contributed by atoms with Gasteiger partial charge in [-0.1, -0.05) is 91.0 Å². The predicted molar refractivity (Wildman–Crippen MR) is 123 cm³/mol. The lowest BCUT2D eigenvalue weighted by Gasteiger charge is -2.37. The third kappa shape index (κ3) is 3.61. The summed E-state index contributed by atoms with van der Waals surface area (Å²) in [4.78, 5) is 16.4. The molecule has 0 amide bonds. The highest BCUT2D eigenvalue weighted by Gasteiger charge is 2.38. The number of hydrogen-bond donors (Lipinski definition) is 0. The summed E-state index contributed by atoms with van der Waals surface area (Å²) in [5, 5.41) is 0. The van der Waals surface area contributed by atoms with E-state index < -0.39 is 5.54 Å². The molecule has 0 spiro atoms. The third-order valence-corrected chi connectivity index (χ3v) is 6.45. The molecular weight excluding hydrogens is 380 g/mol. The quantitative estimate of drug-likeness (QED) is 0.286. The van der Waals surface area contributed by atoms with Crippen LogP contribution >= 0.6 is 0 Å². The smallest absolute Gasteiger partial charge is 0.123 e. The molecule has 1 atom stereocenters. The molecule has 3 nitrogen and oxygen atoms in total. The number of carbonyl (C=O) groups is 1. The first-order valence-electron chi connectivity index (χ1n) is 11.0. The number of carbonyl (C=O) groups excluding carboxylic acids is 1. The molecule has 0 aliphatic heterocycles. The maximum Gasteiger partial charge on any atom is 0.123 e. The zero-order chi connectivity index (χ0) is 21.1. The van der Waals surface area contributed by atoms with Crippen molar-refractivity contribution in [3.63, 3.8) is 0 Å². The van der Waals surface area contributed by atoms with Crippen LogP contribution in [0.5, 0.6) is 0 Å². The summed E-state index contributed by atoms with van der Waals surface area (Å²) in [6.07, 6.45) is 8.20. The van der Waals surface area contributed by atoms with Gasteiger partial charge in [-0.15, -0.1) is 0 Å². The van der Waals surface area contributed by atoms with Crippen molar-refractivity contribution in [2.45, 2.75) is 24.8 Å². The number of imidazole rings is 1. The molecule has 1 aliphatic rings. The molecule has 0 N–H and O–H groups in total. The lowest BCUT2D eigenvalue weighted by atomic mass is 9.77. The largest absolute Gasteiger partial charge is 0.319 e. The summed E-state index contributed by atoms with van der Waals surface area (Å²) >= 11 is 0. The van der Waals surface area contributed by atoms with E-state index in [2.05, 4.69) is 83.6 Å². The number of hydrogen-bond acceptors (Lipinski definition) is 2. The molecule has 3 aromatic carbocycles. The van der Waals surface area contributed by atoms with Crippen LogP contribution in [-0.4, -0.2) is 15.8 Å². The lowest BCUT2D eigenvalue weighted by Crippen LogP contribution is -2.36. The van der Waals surface area contributed by atoms with Crippen molar-refractivity contribution in [2.24, 2.45) is 11.8 Å². The monoisotopic (exact) mass is 406 g/mol. The van der Waals surface area contributed by atoms with Gasteiger partial charge in [0.2, 0.25) is 0 Å². The molecule has 1 aliphatic carbocycles. The topological polar surface area (TPSA) is 34.9 Å². The average Bonchev–Trinajstić information content (AvgIpc) is 3.59. The summed E-state index contributed by atoms with van der Waals surface area (Å²) < 4.78 is 2.22. The van der Waals surface area contributed by atoms with Gasteiger partial charge in [-0.25, -0.2) is 4.98 Å². The molecule has 0 unspecified atom stereocenters. The number of nitrogens with zero attached hydrogens (tertiary/aromatic N) is 2. The maximum absolute atomic E-state index is 11.6. The molecule has 0 radical (unpaired) electrons. The van der Waals surface area contributed by atoms with E-state index in [9.17, 15) is 4.79 Å². The Morgan fingerprint density at radius 2 is 1.32 bits per heavy atom. The molecule has 4 aromatic rings. The van der Waals surface area contributed by atoms with Crippen molar-refractivity contribution in [3.05, 3.63) is 126 Å². The fourth-order valence-corrected chi connectivity index (χ4v) is 4.73. The Morgan fingerprint density at radius 3 is 1.74 bits per heavy atom. The van der Waals surface area contributed by atoms with Gasteiger partial charge in [-0.2, -0.15) is 0 Å². The van der Waals surface area contributed by atoms with Crippen LogP contribution in [0, 0.1) is 11.8 Å². The Bertz CT molecular complexity index is 1030. The molecule has 3 heteroatoms. The van der Waals surface area contributed by atoms with Crippen LogP contribution in [-0.2, 0) is 16.8 Å². The summed E-state index contributed by atoms with van der Waals surface area (Å²) in [7, 11) is 0. The molecule has 154 valence electrons. The van der Waals surface area contributed by atoms with Crippen LogP contribution in [0.3, 0.4) is 0 Å². The summed E-state index contributed by atoms with van der Waals surface area (Å²) in [5.41, 5.74) is 3.93. The van der Waals surface area contributed by atoms with Crippen LogP contribution in [0.25, 0.3) is 0 Å². The second kappa shape index (κ2) is 8.35. The van der Waals surface area contributed by atoms with Gasteiger partial charge in [0.1, 0.15) is 11.8 Å². The van der Waals surface area contributed by atoms with E-state index in [0.29, 0.717) is 12.3 Å². The van der Waals surface area contributed by atoms with Gasteiger partial charge < -0.3 is 9.36 Å². The Hall–Kier alpha value is -3.46. The zero-order valence-electron chi connectivity index (χ0n) is 17.5. The Kier molecular flexibility index (Phi) is 5.25. The second-order valence-corrected chi connectivity index (χ2v) is 8.42. The van der Waals surface area contributed by atoms with Gasteiger partial charge >= 0.3 is 0 Å². The standard InChI is InChI=1S/C28H26N2O/c31-20-23(22-16-17-22)18-27-19-30(21-29-27)28(24-10-4-1-5-11-24,25-12-6-2-7-13-25)26-14-8-3-9-15-26/h1-15,19-23H,16-18H2/t23-/m1/s1. The van der Waals surface area contributed by atoms with Crippen molar-refractivity contribution in [1.29, 1.82) is 0 Å². The lowest BCUT2D eigenvalue weighted by molar-refractivity contribution is -0.111. The molecule has 1 fully saturated rings. The Balaban J connectivity index is 1.70. The predicted octanol–water partition coefficient (Wildman–Crippen LogP) is 5.49. The summed E-state index contributed by atoms with van der Waals surface area (Å²) in [6.45, 7) is 0. The van der Waals surface area contributed by atoms with Crippen molar-refractivity contribution in [3.8, 4) is 0 Å². The van der Waals surface area contributed by atoms with Crippen LogP contribution < -0.4 is 0 Å². The van der Waals surface area contributed by atoms with Crippen LogP contribution in [0.1, 0.15) is 35.2 Å². The van der Waals surface area contributed by atoms with Crippen molar-refractivity contribution in [1.82, 2.24) is 9.55 Å². The minimum atomic E-state index is -0.550. The third-order valence-electron chi connectivity index (χ3n) is 6.45. The van der Waals surface area contributed by atoms with E-state index in [0.717, 1.165) is 24.8 Å². The number of benzene rings is 3. The fourth-order valence-electron chi connectivity index (χ4n) is 4.73. The minimum Gasteiger partial charge on any atom is -0.319 e. The Labute approximate surface area is 183 Å². The van der Waals surface area contributed by atoms with Gasteiger partial charge in [0.05, 0.1) is 12.0 Å². The maximum atomic E-state index is 11.6. The first kappa shape index (κ1) is 19.5. The molecule has 0 saturated heterocycles. The van der Waals surface area contributed by atoms with E-state index in [-0.39, 0.29) is 5.92 Å². The summed E-state index contributed by atoms with van der Waals surface area (Å²) in [5.74, 6) is 0.604. The Morgan fingerprint density at radius 1 is 0.839 bits per heavy atom. The molecule has 31 heavy (non-hydrogen) atoms. The fraction of sp³-hybridized carbons (Fsp3) is 0.214. The van der Waals surface area contributed by atoms with E-state index in [1.54, 1.807) is 0 Å². The van der Waals surface area contributed by atoms with E-state index >= 15 is 0 Å².